The lowest BCUT2D eigenvalue weighted by Gasteiger charge is -2.34. The molecule has 0 N–H and O–H groups in total. The molecule has 0 bridgehead atoms. The summed E-state index contributed by atoms with van der Waals surface area (Å²) in [5, 5.41) is 0. The first kappa shape index (κ1) is 13.3. The van der Waals surface area contributed by atoms with E-state index in [1.165, 1.54) is 10.6 Å². The van der Waals surface area contributed by atoms with Gasteiger partial charge in [0, 0.05) is 31.9 Å². The molecule has 0 unspecified atom stereocenters. The van der Waals surface area contributed by atoms with Crippen LogP contribution in [0.1, 0.15) is 5.56 Å². The highest BCUT2D eigenvalue weighted by atomic mass is 32.2. The quantitative estimate of drug-likeness (QED) is 0.831. The van der Waals surface area contributed by atoms with Crippen LogP contribution in [0.2, 0.25) is 0 Å². The molecule has 100 valence electrons. The molecule has 1 aromatic carbocycles. The molecule has 0 amide bonds. The van der Waals surface area contributed by atoms with Crippen LogP contribution in [0.4, 0.5) is 10.1 Å². The summed E-state index contributed by atoms with van der Waals surface area (Å²) < 4.78 is 36.8. The van der Waals surface area contributed by atoms with E-state index in [0.29, 0.717) is 31.7 Å². The second-order valence-electron chi connectivity index (χ2n) is 4.45. The third-order valence-electron chi connectivity index (χ3n) is 3.14. The highest BCUT2D eigenvalue weighted by Gasteiger charge is 2.23. The predicted molar refractivity (Wildman–Crippen MR) is 69.9 cm³/mol. The number of hydrogen-bond donors (Lipinski definition) is 0. The standard InChI is InChI=1S/C12H17FN2O2S/c1-18(16,17)15-7-5-14(6-8-15)12-4-2-3-11(9-12)10-13/h2-4,9H,5-8,10H2,1H3. The molecule has 0 aromatic heterocycles. The number of hydrogen-bond acceptors (Lipinski definition) is 3. The van der Waals surface area contributed by atoms with Gasteiger partial charge in [0.25, 0.3) is 0 Å². The molecule has 18 heavy (non-hydrogen) atoms. The average Bonchev–Trinajstić information content (AvgIpc) is 2.38. The van der Waals surface area contributed by atoms with E-state index in [-0.39, 0.29) is 0 Å². The second-order valence-corrected chi connectivity index (χ2v) is 6.44. The van der Waals surface area contributed by atoms with Gasteiger partial charge in [-0.25, -0.2) is 12.8 Å². The predicted octanol–water partition coefficient (Wildman–Crippen LogP) is 1.24. The van der Waals surface area contributed by atoms with Crippen LogP contribution in [-0.2, 0) is 16.7 Å². The Morgan fingerprint density at radius 2 is 1.89 bits per heavy atom. The fourth-order valence-corrected chi connectivity index (χ4v) is 2.94. The van der Waals surface area contributed by atoms with Crippen LogP contribution in [0, 0.1) is 0 Å². The zero-order chi connectivity index (χ0) is 13.2. The molecule has 6 heteroatoms. The molecule has 1 aromatic rings. The zero-order valence-electron chi connectivity index (χ0n) is 10.3. The third kappa shape index (κ3) is 3.00. The first-order valence-corrected chi connectivity index (χ1v) is 7.70. The Hall–Kier alpha value is -1.14. The number of benzene rings is 1. The van der Waals surface area contributed by atoms with Gasteiger partial charge in [0.1, 0.15) is 6.67 Å². The number of anilines is 1. The van der Waals surface area contributed by atoms with Crippen molar-refractivity contribution in [3.63, 3.8) is 0 Å². The molecule has 1 aliphatic rings. The maximum Gasteiger partial charge on any atom is 0.211 e. The Morgan fingerprint density at radius 3 is 2.44 bits per heavy atom. The Kier molecular flexibility index (Phi) is 3.87. The van der Waals surface area contributed by atoms with Crippen molar-refractivity contribution in [1.29, 1.82) is 0 Å². The minimum absolute atomic E-state index is 0.475. The normalized spacial score (nSPS) is 18.0. The van der Waals surface area contributed by atoms with Gasteiger partial charge in [0.15, 0.2) is 0 Å². The van der Waals surface area contributed by atoms with Gasteiger partial charge in [-0.3, -0.25) is 0 Å². The van der Waals surface area contributed by atoms with Crippen LogP contribution in [-0.4, -0.2) is 45.2 Å². The van der Waals surface area contributed by atoms with E-state index < -0.39 is 16.7 Å². The van der Waals surface area contributed by atoms with Crippen LogP contribution in [0.25, 0.3) is 0 Å². The molecule has 0 aliphatic carbocycles. The average molecular weight is 272 g/mol. The summed E-state index contributed by atoms with van der Waals surface area (Å²) in [6.07, 6.45) is 1.23. The van der Waals surface area contributed by atoms with Crippen molar-refractivity contribution in [3.05, 3.63) is 29.8 Å². The molecular formula is C12H17FN2O2S. The fourth-order valence-electron chi connectivity index (χ4n) is 2.11. The summed E-state index contributed by atoms with van der Waals surface area (Å²) in [6.45, 7) is 1.78. The van der Waals surface area contributed by atoms with Crippen LogP contribution in [0.15, 0.2) is 24.3 Å². The van der Waals surface area contributed by atoms with E-state index >= 15 is 0 Å². The lowest BCUT2D eigenvalue weighted by molar-refractivity contribution is 0.388. The summed E-state index contributed by atoms with van der Waals surface area (Å²) in [5.41, 5.74) is 1.61. The SMILES string of the molecule is CS(=O)(=O)N1CCN(c2cccc(CF)c2)CC1. The Morgan fingerprint density at radius 1 is 1.22 bits per heavy atom. The molecule has 2 rings (SSSR count). The largest absolute Gasteiger partial charge is 0.369 e. The number of nitrogens with zero attached hydrogens (tertiary/aromatic N) is 2. The molecule has 1 fully saturated rings. The molecule has 0 atom stereocenters. The second kappa shape index (κ2) is 5.24. The first-order valence-electron chi connectivity index (χ1n) is 5.85. The van der Waals surface area contributed by atoms with E-state index in [4.69, 9.17) is 0 Å². The van der Waals surface area contributed by atoms with E-state index in [9.17, 15) is 12.8 Å². The number of sulfonamides is 1. The van der Waals surface area contributed by atoms with E-state index in [1.807, 2.05) is 18.2 Å². The summed E-state index contributed by atoms with van der Waals surface area (Å²) in [5.74, 6) is 0. The van der Waals surface area contributed by atoms with Crippen molar-refractivity contribution < 1.29 is 12.8 Å². The molecule has 0 spiro atoms. The van der Waals surface area contributed by atoms with Gasteiger partial charge in [-0.15, -0.1) is 0 Å². The van der Waals surface area contributed by atoms with Crippen molar-refractivity contribution >= 4 is 15.7 Å². The third-order valence-corrected chi connectivity index (χ3v) is 4.44. The topological polar surface area (TPSA) is 40.6 Å². The first-order chi connectivity index (χ1) is 8.50. The molecule has 1 saturated heterocycles. The molecule has 1 heterocycles. The van der Waals surface area contributed by atoms with Crippen LogP contribution in [0.5, 0.6) is 0 Å². The van der Waals surface area contributed by atoms with Crippen molar-refractivity contribution in [2.45, 2.75) is 6.67 Å². The Bertz CT molecular complexity index is 511. The van der Waals surface area contributed by atoms with Gasteiger partial charge < -0.3 is 4.90 Å². The molecule has 1 aliphatic heterocycles. The van der Waals surface area contributed by atoms with E-state index in [2.05, 4.69) is 4.90 Å². The highest BCUT2D eigenvalue weighted by Crippen LogP contribution is 2.19. The smallest absolute Gasteiger partial charge is 0.211 e. The fraction of sp³-hybridized carbons (Fsp3) is 0.500. The van der Waals surface area contributed by atoms with Gasteiger partial charge in [0.2, 0.25) is 10.0 Å². The van der Waals surface area contributed by atoms with Gasteiger partial charge in [-0.05, 0) is 17.7 Å². The number of piperazine rings is 1. The lowest BCUT2D eigenvalue weighted by Crippen LogP contribution is -2.48. The van der Waals surface area contributed by atoms with Crippen molar-refractivity contribution in [1.82, 2.24) is 4.31 Å². The molecule has 0 radical (unpaired) electrons. The Labute approximate surface area is 107 Å². The van der Waals surface area contributed by atoms with Gasteiger partial charge >= 0.3 is 0 Å². The van der Waals surface area contributed by atoms with Crippen molar-refractivity contribution in [2.24, 2.45) is 0 Å². The summed E-state index contributed by atoms with van der Waals surface area (Å²) in [4.78, 5) is 2.08. The van der Waals surface area contributed by atoms with E-state index in [0.717, 1.165) is 5.69 Å². The molecular weight excluding hydrogens is 255 g/mol. The van der Waals surface area contributed by atoms with E-state index in [1.54, 1.807) is 6.07 Å². The summed E-state index contributed by atoms with van der Waals surface area (Å²) >= 11 is 0. The van der Waals surface area contributed by atoms with Crippen molar-refractivity contribution in [3.8, 4) is 0 Å². The molecule has 4 nitrogen and oxygen atoms in total. The highest BCUT2D eigenvalue weighted by molar-refractivity contribution is 7.88. The summed E-state index contributed by atoms with van der Waals surface area (Å²) in [7, 11) is -3.10. The maximum atomic E-state index is 12.6. The number of halogens is 1. The van der Waals surface area contributed by atoms with Crippen LogP contribution >= 0.6 is 0 Å². The summed E-state index contributed by atoms with van der Waals surface area (Å²) in [6, 6.07) is 7.31. The van der Waals surface area contributed by atoms with Crippen LogP contribution in [0.3, 0.4) is 0 Å². The Balaban J connectivity index is 2.05. The minimum Gasteiger partial charge on any atom is -0.369 e. The minimum atomic E-state index is -3.10. The van der Waals surface area contributed by atoms with Crippen molar-refractivity contribution in [2.75, 3.05) is 37.3 Å². The number of rotatable bonds is 3. The van der Waals surface area contributed by atoms with Crippen LogP contribution < -0.4 is 4.90 Å². The molecule has 0 saturated carbocycles. The van der Waals surface area contributed by atoms with Gasteiger partial charge in [-0.2, -0.15) is 4.31 Å². The maximum absolute atomic E-state index is 12.6. The number of alkyl halides is 1. The lowest BCUT2D eigenvalue weighted by atomic mass is 10.2. The van der Waals surface area contributed by atoms with Gasteiger partial charge in [0.05, 0.1) is 6.26 Å². The van der Waals surface area contributed by atoms with Gasteiger partial charge in [-0.1, -0.05) is 12.1 Å². The zero-order valence-corrected chi connectivity index (χ0v) is 11.2. The monoisotopic (exact) mass is 272 g/mol.